The van der Waals surface area contributed by atoms with E-state index in [1.165, 1.54) is 5.56 Å². The highest BCUT2D eigenvalue weighted by atomic mass is 16.5. The maximum absolute atomic E-state index is 6.11. The van der Waals surface area contributed by atoms with Crippen LogP contribution in [0.4, 0.5) is 11.6 Å². The van der Waals surface area contributed by atoms with Crippen molar-refractivity contribution in [3.63, 3.8) is 0 Å². The molecular weight excluding hydrogens is 406 g/mol. The largest absolute Gasteiger partial charge is 0.452 e. The van der Waals surface area contributed by atoms with Crippen molar-refractivity contribution >= 4 is 17.9 Å². The molecule has 0 spiro atoms. The summed E-state index contributed by atoms with van der Waals surface area (Å²) in [6.07, 6.45) is 5.50. The van der Waals surface area contributed by atoms with E-state index < -0.39 is 0 Å². The maximum Gasteiger partial charge on any atom is 0.321 e. The van der Waals surface area contributed by atoms with Gasteiger partial charge in [0.1, 0.15) is 5.82 Å². The number of benzene rings is 1. The van der Waals surface area contributed by atoms with Gasteiger partial charge in [-0.15, -0.1) is 0 Å². The fourth-order valence-electron chi connectivity index (χ4n) is 3.32. The number of rotatable bonds is 8. The SMILES string of the molecule is CCC(Oc1nc(NN=Cc2cccc(C)c2)cc(N2CCOCC2)n1)c1ncccn1. The molecule has 9 heteroatoms. The molecule has 4 rings (SSSR count). The van der Waals surface area contributed by atoms with Crippen LogP contribution in [0.15, 0.2) is 53.9 Å². The lowest BCUT2D eigenvalue weighted by Crippen LogP contribution is -2.36. The van der Waals surface area contributed by atoms with E-state index in [9.17, 15) is 0 Å². The van der Waals surface area contributed by atoms with Crippen molar-refractivity contribution < 1.29 is 9.47 Å². The van der Waals surface area contributed by atoms with Gasteiger partial charge in [-0.1, -0.05) is 36.8 Å². The molecule has 166 valence electrons. The predicted octanol–water partition coefficient (Wildman–Crippen LogP) is 3.39. The average Bonchev–Trinajstić information content (AvgIpc) is 2.83. The molecule has 3 heterocycles. The molecule has 0 saturated carbocycles. The van der Waals surface area contributed by atoms with Gasteiger partial charge in [0.15, 0.2) is 17.7 Å². The third-order valence-corrected chi connectivity index (χ3v) is 4.95. The first-order valence-corrected chi connectivity index (χ1v) is 10.7. The number of hydrazone groups is 1. The minimum Gasteiger partial charge on any atom is -0.452 e. The van der Waals surface area contributed by atoms with Crippen molar-refractivity contribution in [2.45, 2.75) is 26.4 Å². The van der Waals surface area contributed by atoms with E-state index in [1.54, 1.807) is 24.7 Å². The normalized spacial score (nSPS) is 15.0. The van der Waals surface area contributed by atoms with Gasteiger partial charge in [-0.2, -0.15) is 15.1 Å². The molecule has 0 amide bonds. The molecule has 1 unspecified atom stereocenters. The van der Waals surface area contributed by atoms with E-state index in [0.29, 0.717) is 31.3 Å². The van der Waals surface area contributed by atoms with Crippen molar-refractivity contribution in [1.29, 1.82) is 0 Å². The molecule has 2 aromatic heterocycles. The Kier molecular flexibility index (Phi) is 7.19. The number of ether oxygens (including phenoxy) is 2. The van der Waals surface area contributed by atoms with E-state index in [2.05, 4.69) is 41.4 Å². The Labute approximate surface area is 187 Å². The summed E-state index contributed by atoms with van der Waals surface area (Å²) < 4.78 is 11.6. The summed E-state index contributed by atoms with van der Waals surface area (Å²) in [5, 5.41) is 4.35. The molecule has 32 heavy (non-hydrogen) atoms. The molecule has 3 aromatic rings. The molecule has 1 aliphatic rings. The molecule has 0 radical (unpaired) electrons. The van der Waals surface area contributed by atoms with Crippen LogP contribution in [0.5, 0.6) is 6.01 Å². The van der Waals surface area contributed by atoms with Gasteiger partial charge in [-0.05, 0) is 25.0 Å². The molecule has 1 atom stereocenters. The number of morpholine rings is 1. The molecule has 0 bridgehead atoms. The number of nitrogens with zero attached hydrogens (tertiary/aromatic N) is 6. The molecule has 1 fully saturated rings. The maximum atomic E-state index is 6.11. The summed E-state index contributed by atoms with van der Waals surface area (Å²) in [6.45, 7) is 6.88. The Bertz CT molecular complexity index is 1040. The van der Waals surface area contributed by atoms with Gasteiger partial charge in [-0.3, -0.25) is 5.43 Å². The number of aryl methyl sites for hydroxylation is 1. The second-order valence-electron chi connectivity index (χ2n) is 7.40. The van der Waals surface area contributed by atoms with Gasteiger partial charge in [0.25, 0.3) is 0 Å². The molecule has 1 aliphatic heterocycles. The third-order valence-electron chi connectivity index (χ3n) is 4.95. The fourth-order valence-corrected chi connectivity index (χ4v) is 3.32. The molecule has 9 nitrogen and oxygen atoms in total. The van der Waals surface area contributed by atoms with Crippen LogP contribution in [0.25, 0.3) is 0 Å². The zero-order valence-corrected chi connectivity index (χ0v) is 18.3. The highest BCUT2D eigenvalue weighted by molar-refractivity contribution is 5.80. The lowest BCUT2D eigenvalue weighted by molar-refractivity contribution is 0.122. The van der Waals surface area contributed by atoms with E-state index in [4.69, 9.17) is 9.47 Å². The quantitative estimate of drug-likeness (QED) is 0.426. The van der Waals surface area contributed by atoms with Gasteiger partial charge < -0.3 is 14.4 Å². The Morgan fingerprint density at radius 3 is 2.72 bits per heavy atom. The second-order valence-corrected chi connectivity index (χ2v) is 7.40. The van der Waals surface area contributed by atoms with E-state index in [0.717, 1.165) is 24.5 Å². The van der Waals surface area contributed by atoms with E-state index >= 15 is 0 Å². The average molecular weight is 434 g/mol. The van der Waals surface area contributed by atoms with Crippen LogP contribution in [-0.2, 0) is 4.74 Å². The molecule has 1 aromatic carbocycles. The molecule has 0 aliphatic carbocycles. The van der Waals surface area contributed by atoms with Crippen LogP contribution in [0.1, 0.15) is 36.4 Å². The standard InChI is InChI=1S/C23H27N7O2/c1-3-19(22-24-8-5-9-25-22)32-23-27-20(15-21(28-23)30-10-12-31-13-11-30)29-26-16-18-7-4-6-17(2)14-18/h4-9,14-16,19H,3,10-13H2,1-2H3,(H,27,28,29). The zero-order chi connectivity index (χ0) is 22.2. The Hall–Kier alpha value is -3.59. The summed E-state index contributed by atoms with van der Waals surface area (Å²) in [5.74, 6) is 1.90. The van der Waals surface area contributed by atoms with Gasteiger partial charge in [-0.25, -0.2) is 9.97 Å². The Morgan fingerprint density at radius 2 is 1.97 bits per heavy atom. The topological polar surface area (TPSA) is 97.7 Å². The van der Waals surface area contributed by atoms with Gasteiger partial charge in [0.05, 0.1) is 19.4 Å². The van der Waals surface area contributed by atoms with Crippen molar-refractivity contribution in [2.24, 2.45) is 5.10 Å². The summed E-state index contributed by atoms with van der Waals surface area (Å²) in [5.41, 5.74) is 5.19. The summed E-state index contributed by atoms with van der Waals surface area (Å²) in [6, 6.07) is 12.0. The second kappa shape index (κ2) is 10.6. The fraction of sp³-hybridized carbons (Fsp3) is 0.348. The van der Waals surface area contributed by atoms with Crippen molar-refractivity contribution in [3.8, 4) is 6.01 Å². The van der Waals surface area contributed by atoms with E-state index in [1.807, 2.05) is 38.1 Å². The molecule has 1 N–H and O–H groups in total. The van der Waals surface area contributed by atoms with Crippen LogP contribution in [0.2, 0.25) is 0 Å². The summed E-state index contributed by atoms with van der Waals surface area (Å²) >= 11 is 0. The first-order chi connectivity index (χ1) is 15.7. The predicted molar refractivity (Wildman–Crippen MR) is 123 cm³/mol. The first kappa shape index (κ1) is 21.6. The number of anilines is 2. The molecule has 1 saturated heterocycles. The van der Waals surface area contributed by atoms with Crippen LogP contribution in [0.3, 0.4) is 0 Å². The first-order valence-electron chi connectivity index (χ1n) is 10.7. The highest BCUT2D eigenvalue weighted by Gasteiger charge is 2.19. The van der Waals surface area contributed by atoms with Crippen LogP contribution in [-0.4, -0.2) is 52.5 Å². The van der Waals surface area contributed by atoms with Gasteiger partial charge in [0, 0.05) is 31.5 Å². The number of hydrogen-bond donors (Lipinski definition) is 1. The highest BCUT2D eigenvalue weighted by Crippen LogP contribution is 2.25. The smallest absolute Gasteiger partial charge is 0.321 e. The third kappa shape index (κ3) is 5.76. The minimum atomic E-state index is -0.347. The van der Waals surface area contributed by atoms with Crippen LogP contribution < -0.4 is 15.1 Å². The van der Waals surface area contributed by atoms with Crippen molar-refractivity contribution in [3.05, 3.63) is 65.7 Å². The number of aromatic nitrogens is 4. The van der Waals surface area contributed by atoms with Crippen LogP contribution >= 0.6 is 0 Å². The molecular formula is C23H27N7O2. The zero-order valence-electron chi connectivity index (χ0n) is 18.3. The van der Waals surface area contributed by atoms with Crippen LogP contribution in [0, 0.1) is 6.92 Å². The van der Waals surface area contributed by atoms with Gasteiger partial charge >= 0.3 is 6.01 Å². The lowest BCUT2D eigenvalue weighted by Gasteiger charge is -2.28. The number of nitrogens with one attached hydrogen (secondary N) is 1. The Morgan fingerprint density at radius 1 is 1.16 bits per heavy atom. The van der Waals surface area contributed by atoms with Crippen molar-refractivity contribution in [2.75, 3.05) is 36.6 Å². The monoisotopic (exact) mass is 433 g/mol. The summed E-state index contributed by atoms with van der Waals surface area (Å²) in [4.78, 5) is 19.9. The van der Waals surface area contributed by atoms with Gasteiger partial charge in [0.2, 0.25) is 0 Å². The van der Waals surface area contributed by atoms with Crippen molar-refractivity contribution in [1.82, 2.24) is 19.9 Å². The summed E-state index contributed by atoms with van der Waals surface area (Å²) in [7, 11) is 0. The minimum absolute atomic E-state index is 0.251. The number of hydrogen-bond acceptors (Lipinski definition) is 9. The van der Waals surface area contributed by atoms with E-state index in [-0.39, 0.29) is 12.1 Å². The lowest BCUT2D eigenvalue weighted by atomic mass is 10.2. The Balaban J connectivity index is 1.57.